The zero-order chi connectivity index (χ0) is 21.3. The van der Waals surface area contributed by atoms with Crippen molar-refractivity contribution >= 4 is 0 Å². The van der Waals surface area contributed by atoms with E-state index in [1.54, 1.807) is 19.1 Å². The topological polar surface area (TPSA) is 51.2 Å². The molecule has 0 saturated carbocycles. The Kier molecular flexibility index (Phi) is 8.75. The molecule has 0 aliphatic heterocycles. The Labute approximate surface area is 168 Å². The number of nitrogens with zero attached hydrogens (tertiary/aromatic N) is 1. The SMILES string of the molecule is COc1ccc(CN(Cc2ccc(OC)cc2)C(O)CCOCC(F)(F)F)cc1. The molecule has 0 aromatic heterocycles. The minimum atomic E-state index is -4.38. The average molecular weight is 413 g/mol. The van der Waals surface area contributed by atoms with E-state index in [0.717, 1.165) is 22.6 Å². The Morgan fingerprint density at radius 2 is 1.31 bits per heavy atom. The van der Waals surface area contributed by atoms with Crippen LogP contribution in [0.2, 0.25) is 0 Å². The number of methoxy groups -OCH3 is 2. The minimum Gasteiger partial charge on any atom is -0.497 e. The molecule has 0 radical (unpaired) electrons. The average Bonchev–Trinajstić information content (AvgIpc) is 2.71. The molecule has 0 heterocycles. The molecular weight excluding hydrogens is 387 g/mol. The van der Waals surface area contributed by atoms with Gasteiger partial charge in [-0.25, -0.2) is 0 Å². The summed E-state index contributed by atoms with van der Waals surface area (Å²) in [6.07, 6.45) is -5.29. The van der Waals surface area contributed by atoms with Gasteiger partial charge in [-0.2, -0.15) is 13.2 Å². The lowest BCUT2D eigenvalue weighted by Crippen LogP contribution is -2.35. The summed E-state index contributed by atoms with van der Waals surface area (Å²) in [5.41, 5.74) is 1.88. The summed E-state index contributed by atoms with van der Waals surface area (Å²) in [4.78, 5) is 1.78. The molecule has 0 aliphatic carbocycles. The van der Waals surface area contributed by atoms with Crippen molar-refractivity contribution in [1.82, 2.24) is 4.90 Å². The molecule has 2 rings (SSSR count). The van der Waals surface area contributed by atoms with Crippen LogP contribution in [0.5, 0.6) is 11.5 Å². The predicted molar refractivity (Wildman–Crippen MR) is 103 cm³/mol. The van der Waals surface area contributed by atoms with Crippen LogP contribution in [0.15, 0.2) is 48.5 Å². The summed E-state index contributed by atoms with van der Waals surface area (Å²) < 4.78 is 51.6. The molecule has 2 aromatic rings. The Bertz CT molecular complexity index is 671. The summed E-state index contributed by atoms with van der Waals surface area (Å²) in [6.45, 7) is -0.688. The molecule has 160 valence electrons. The molecule has 29 heavy (non-hydrogen) atoms. The zero-order valence-corrected chi connectivity index (χ0v) is 16.5. The van der Waals surface area contributed by atoms with Crippen molar-refractivity contribution in [2.24, 2.45) is 0 Å². The second-order valence-electron chi connectivity index (χ2n) is 6.54. The van der Waals surface area contributed by atoms with Gasteiger partial charge < -0.3 is 19.3 Å². The molecular formula is C21H26F3NO4. The Balaban J connectivity index is 2.03. The first kappa shape index (κ1) is 23.0. The van der Waals surface area contributed by atoms with Gasteiger partial charge in [0.15, 0.2) is 0 Å². The first-order valence-corrected chi connectivity index (χ1v) is 9.13. The zero-order valence-electron chi connectivity index (χ0n) is 16.5. The third-order valence-corrected chi connectivity index (χ3v) is 4.30. The number of ether oxygens (including phenoxy) is 3. The number of hydrogen-bond donors (Lipinski definition) is 1. The molecule has 0 bridgehead atoms. The number of halogens is 3. The van der Waals surface area contributed by atoms with Crippen molar-refractivity contribution in [1.29, 1.82) is 0 Å². The third kappa shape index (κ3) is 8.31. The van der Waals surface area contributed by atoms with Gasteiger partial charge >= 0.3 is 6.18 Å². The van der Waals surface area contributed by atoms with Gasteiger partial charge in [0, 0.05) is 19.5 Å². The van der Waals surface area contributed by atoms with E-state index in [0.29, 0.717) is 13.1 Å². The van der Waals surface area contributed by atoms with Gasteiger partial charge in [-0.3, -0.25) is 4.90 Å². The van der Waals surface area contributed by atoms with Crippen molar-refractivity contribution in [3.8, 4) is 11.5 Å². The van der Waals surface area contributed by atoms with E-state index in [4.69, 9.17) is 9.47 Å². The summed E-state index contributed by atoms with van der Waals surface area (Å²) in [7, 11) is 3.16. The van der Waals surface area contributed by atoms with Gasteiger partial charge in [0.25, 0.3) is 0 Å². The van der Waals surface area contributed by atoms with E-state index in [1.165, 1.54) is 0 Å². The van der Waals surface area contributed by atoms with Crippen LogP contribution in [0.1, 0.15) is 17.5 Å². The smallest absolute Gasteiger partial charge is 0.411 e. The largest absolute Gasteiger partial charge is 0.497 e. The van der Waals surface area contributed by atoms with E-state index in [2.05, 4.69) is 4.74 Å². The standard InChI is InChI=1S/C21H26F3NO4/c1-27-18-7-3-16(4-8-18)13-25(14-17-5-9-19(28-2)10-6-17)20(26)11-12-29-15-21(22,23)24/h3-10,20,26H,11-15H2,1-2H3. The van der Waals surface area contributed by atoms with E-state index < -0.39 is 19.0 Å². The van der Waals surface area contributed by atoms with Crippen molar-refractivity contribution in [2.75, 3.05) is 27.4 Å². The molecule has 0 aliphatic rings. The second-order valence-corrected chi connectivity index (χ2v) is 6.54. The van der Waals surface area contributed by atoms with Crippen LogP contribution in [0.25, 0.3) is 0 Å². The fourth-order valence-electron chi connectivity index (χ4n) is 2.76. The molecule has 0 fully saturated rings. The summed E-state index contributed by atoms with van der Waals surface area (Å²) in [5.74, 6) is 1.44. The fraction of sp³-hybridized carbons (Fsp3) is 0.429. The van der Waals surface area contributed by atoms with Gasteiger partial charge in [0.05, 0.1) is 20.8 Å². The van der Waals surface area contributed by atoms with Crippen molar-refractivity contribution < 1.29 is 32.5 Å². The number of benzene rings is 2. The number of rotatable bonds is 11. The van der Waals surface area contributed by atoms with E-state index >= 15 is 0 Å². The molecule has 0 spiro atoms. The molecule has 2 aromatic carbocycles. The van der Waals surface area contributed by atoms with Gasteiger partial charge in [0.1, 0.15) is 24.3 Å². The predicted octanol–water partition coefficient (Wildman–Crippen LogP) is 3.99. The number of aliphatic hydroxyl groups excluding tert-OH is 1. The van der Waals surface area contributed by atoms with E-state index in [1.807, 2.05) is 48.5 Å². The molecule has 1 N–H and O–H groups in total. The van der Waals surface area contributed by atoms with Gasteiger partial charge in [-0.15, -0.1) is 0 Å². The third-order valence-electron chi connectivity index (χ3n) is 4.30. The van der Waals surface area contributed by atoms with Crippen LogP contribution in [-0.2, 0) is 17.8 Å². The number of aliphatic hydroxyl groups is 1. The van der Waals surface area contributed by atoms with Gasteiger partial charge in [0.2, 0.25) is 0 Å². The molecule has 5 nitrogen and oxygen atoms in total. The highest BCUT2D eigenvalue weighted by molar-refractivity contribution is 5.28. The highest BCUT2D eigenvalue weighted by atomic mass is 19.4. The number of hydrogen-bond acceptors (Lipinski definition) is 5. The van der Waals surface area contributed by atoms with Crippen molar-refractivity contribution in [2.45, 2.75) is 31.9 Å². The second kappa shape index (κ2) is 11.0. The summed E-state index contributed by atoms with van der Waals surface area (Å²) in [6, 6.07) is 14.8. The highest BCUT2D eigenvalue weighted by Gasteiger charge is 2.27. The van der Waals surface area contributed by atoms with Crippen molar-refractivity contribution in [3.63, 3.8) is 0 Å². The lowest BCUT2D eigenvalue weighted by Gasteiger charge is -2.28. The quantitative estimate of drug-likeness (QED) is 0.446. The van der Waals surface area contributed by atoms with Crippen LogP contribution in [0.4, 0.5) is 13.2 Å². The lowest BCUT2D eigenvalue weighted by atomic mass is 10.1. The molecule has 1 atom stereocenters. The minimum absolute atomic E-state index is 0.0579. The van der Waals surface area contributed by atoms with Crippen LogP contribution in [-0.4, -0.2) is 49.8 Å². The van der Waals surface area contributed by atoms with Gasteiger partial charge in [-0.1, -0.05) is 24.3 Å². The maximum atomic E-state index is 12.2. The molecule has 1 unspecified atom stereocenters. The van der Waals surface area contributed by atoms with Crippen LogP contribution in [0, 0.1) is 0 Å². The molecule has 8 heteroatoms. The molecule has 0 amide bonds. The Morgan fingerprint density at radius 1 is 0.862 bits per heavy atom. The van der Waals surface area contributed by atoms with Crippen molar-refractivity contribution in [3.05, 3.63) is 59.7 Å². The Hall–Kier alpha value is -2.29. The van der Waals surface area contributed by atoms with Crippen LogP contribution in [0.3, 0.4) is 0 Å². The monoisotopic (exact) mass is 413 g/mol. The first-order chi connectivity index (χ1) is 13.8. The first-order valence-electron chi connectivity index (χ1n) is 9.13. The maximum Gasteiger partial charge on any atom is 0.411 e. The normalized spacial score (nSPS) is 12.8. The van der Waals surface area contributed by atoms with E-state index in [-0.39, 0.29) is 13.0 Å². The van der Waals surface area contributed by atoms with Crippen LogP contribution >= 0.6 is 0 Å². The Morgan fingerprint density at radius 3 is 1.69 bits per heavy atom. The molecule has 0 saturated heterocycles. The lowest BCUT2D eigenvalue weighted by molar-refractivity contribution is -0.176. The maximum absolute atomic E-state index is 12.2. The van der Waals surface area contributed by atoms with Gasteiger partial charge in [-0.05, 0) is 35.4 Å². The highest BCUT2D eigenvalue weighted by Crippen LogP contribution is 2.19. The number of alkyl halides is 3. The van der Waals surface area contributed by atoms with E-state index in [9.17, 15) is 18.3 Å². The van der Waals surface area contributed by atoms with Crippen LogP contribution < -0.4 is 9.47 Å². The summed E-state index contributed by atoms with van der Waals surface area (Å²) in [5, 5.41) is 10.6. The summed E-state index contributed by atoms with van der Waals surface area (Å²) >= 11 is 0. The fourth-order valence-corrected chi connectivity index (χ4v) is 2.76.